The fourth-order valence-corrected chi connectivity index (χ4v) is 3.64. The third-order valence-corrected chi connectivity index (χ3v) is 5.61. The van der Waals surface area contributed by atoms with Gasteiger partial charge in [-0.1, -0.05) is 60.4 Å². The van der Waals surface area contributed by atoms with Crippen LogP contribution in [0.4, 0.5) is 11.4 Å². The highest BCUT2D eigenvalue weighted by atomic mass is 35.5. The lowest BCUT2D eigenvalue weighted by Crippen LogP contribution is -2.10. The number of benzene rings is 3. The highest BCUT2D eigenvalue weighted by molar-refractivity contribution is 6.33. The van der Waals surface area contributed by atoms with E-state index in [1.807, 2.05) is 18.2 Å². The van der Waals surface area contributed by atoms with E-state index in [1.54, 1.807) is 49.4 Å². The maximum absolute atomic E-state index is 12.9. The van der Waals surface area contributed by atoms with E-state index < -0.39 is 5.97 Å². The van der Waals surface area contributed by atoms with Gasteiger partial charge in [0.25, 0.3) is 0 Å². The van der Waals surface area contributed by atoms with Gasteiger partial charge in [0.05, 0.1) is 16.4 Å². The zero-order valence-electron chi connectivity index (χ0n) is 19.0. The van der Waals surface area contributed by atoms with E-state index in [-0.39, 0.29) is 5.56 Å². The molecule has 1 aromatic heterocycles. The van der Waals surface area contributed by atoms with Gasteiger partial charge in [0.2, 0.25) is 0 Å². The molecule has 0 aliphatic rings. The first-order valence-corrected chi connectivity index (χ1v) is 11.5. The third-order valence-electron chi connectivity index (χ3n) is 5.28. The van der Waals surface area contributed by atoms with Gasteiger partial charge in [-0.15, -0.1) is 0 Å². The van der Waals surface area contributed by atoms with Crippen LogP contribution in [0.1, 0.15) is 41.4 Å². The molecule has 1 heterocycles. The smallest absolute Gasteiger partial charge is 0.349 e. The summed E-state index contributed by atoms with van der Waals surface area (Å²) in [5.41, 5.74) is 3.91. The van der Waals surface area contributed by atoms with Crippen LogP contribution in [-0.2, 0) is 6.42 Å². The summed E-state index contributed by atoms with van der Waals surface area (Å²) in [6, 6.07) is 22.0. The number of hydrogen-bond donors (Lipinski definition) is 0. The van der Waals surface area contributed by atoms with E-state index in [1.165, 1.54) is 18.4 Å². The molecule has 3 aromatic carbocycles. The molecule has 172 valence electrons. The Bertz CT molecular complexity index is 1300. The molecule has 0 saturated carbocycles. The number of hydrogen-bond acceptors (Lipinski definition) is 6. The number of nitrogens with zero attached hydrogens (tertiary/aromatic N) is 3. The summed E-state index contributed by atoms with van der Waals surface area (Å²) in [5, 5.41) is 13.0. The third kappa shape index (κ3) is 5.58. The molecular weight excluding hydrogens is 450 g/mol. The van der Waals surface area contributed by atoms with Crippen molar-refractivity contribution in [3.63, 3.8) is 0 Å². The summed E-state index contributed by atoms with van der Waals surface area (Å²) in [6.07, 6.45) is 3.42. The second kappa shape index (κ2) is 10.9. The number of azo groups is 1. The summed E-state index contributed by atoms with van der Waals surface area (Å²) in [7, 11) is 0. The predicted molar refractivity (Wildman–Crippen MR) is 132 cm³/mol. The summed E-state index contributed by atoms with van der Waals surface area (Å²) in [4.78, 5) is 12.9. The van der Waals surface area contributed by atoms with Crippen molar-refractivity contribution in [2.24, 2.45) is 10.2 Å². The Hall–Kier alpha value is -3.77. The molecule has 0 spiro atoms. The normalized spacial score (nSPS) is 11.1. The Labute approximate surface area is 203 Å². The van der Waals surface area contributed by atoms with Gasteiger partial charge in [-0.3, -0.25) is 0 Å². The van der Waals surface area contributed by atoms with E-state index in [0.717, 1.165) is 12.1 Å². The first-order valence-electron chi connectivity index (χ1n) is 11.1. The molecule has 0 amide bonds. The molecule has 6 nitrogen and oxygen atoms in total. The number of carbonyl (C=O) groups excluding carboxylic acids is 1. The monoisotopic (exact) mass is 473 g/mol. The average molecular weight is 474 g/mol. The molecule has 0 atom stereocenters. The number of unbranched alkanes of at least 4 members (excludes halogenated alkanes) is 1. The molecule has 4 rings (SSSR count). The number of ether oxygens (including phenoxy) is 1. The van der Waals surface area contributed by atoms with Gasteiger partial charge in [0, 0.05) is 5.56 Å². The van der Waals surface area contributed by atoms with Crippen molar-refractivity contribution in [2.45, 2.75) is 33.1 Å². The van der Waals surface area contributed by atoms with E-state index in [9.17, 15) is 4.79 Å². The minimum Gasteiger partial charge on any atom is -0.423 e. The Kier molecular flexibility index (Phi) is 7.50. The number of aryl methyl sites for hydroxylation is 2. The van der Waals surface area contributed by atoms with Crippen LogP contribution in [0.15, 0.2) is 87.5 Å². The molecule has 0 unspecified atom stereocenters. The molecule has 0 saturated heterocycles. The van der Waals surface area contributed by atoms with Gasteiger partial charge in [-0.05, 0) is 67.8 Å². The van der Waals surface area contributed by atoms with Gasteiger partial charge < -0.3 is 9.26 Å². The SMILES string of the molecule is CCCCc1ccc(N=Nc2ccc(OC(=O)c3c(-c4ccccc4Cl)noc3C)cc2)cc1. The van der Waals surface area contributed by atoms with Crippen LogP contribution in [0.25, 0.3) is 11.3 Å². The van der Waals surface area contributed by atoms with E-state index >= 15 is 0 Å². The highest BCUT2D eigenvalue weighted by Gasteiger charge is 2.24. The standard InChI is InChI=1S/C27H24ClN3O3/c1-3-4-7-19-10-12-20(13-11-19)29-30-21-14-16-22(17-15-21)33-27(32)25-18(2)34-31-26(25)23-8-5-6-9-24(23)28/h5-6,8-17H,3-4,7H2,1-2H3. The van der Waals surface area contributed by atoms with Gasteiger partial charge in [0.15, 0.2) is 0 Å². The summed E-state index contributed by atoms with van der Waals surface area (Å²) >= 11 is 6.27. The minimum absolute atomic E-state index is 0.235. The van der Waals surface area contributed by atoms with Gasteiger partial charge >= 0.3 is 5.97 Å². The molecular formula is C27H24ClN3O3. The van der Waals surface area contributed by atoms with Gasteiger partial charge in [0.1, 0.15) is 22.8 Å². The van der Waals surface area contributed by atoms with Gasteiger partial charge in [-0.2, -0.15) is 10.2 Å². The van der Waals surface area contributed by atoms with E-state index in [2.05, 4.69) is 34.4 Å². The number of esters is 1. The molecule has 0 aliphatic heterocycles. The Morgan fingerprint density at radius 1 is 0.971 bits per heavy atom. The van der Waals surface area contributed by atoms with Crippen LogP contribution in [0, 0.1) is 6.92 Å². The maximum Gasteiger partial charge on any atom is 0.349 e. The van der Waals surface area contributed by atoms with Crippen molar-refractivity contribution < 1.29 is 14.1 Å². The van der Waals surface area contributed by atoms with Crippen molar-refractivity contribution in [1.82, 2.24) is 5.16 Å². The van der Waals surface area contributed by atoms with Crippen molar-refractivity contribution in [1.29, 1.82) is 0 Å². The average Bonchev–Trinajstić information content (AvgIpc) is 3.24. The summed E-state index contributed by atoms with van der Waals surface area (Å²) in [6.45, 7) is 3.84. The number of rotatable bonds is 8. The molecule has 4 aromatic rings. The molecule has 7 heteroatoms. The van der Waals surface area contributed by atoms with Crippen molar-refractivity contribution in [2.75, 3.05) is 0 Å². The Balaban J connectivity index is 1.44. The second-order valence-corrected chi connectivity index (χ2v) is 8.20. The van der Waals surface area contributed by atoms with Crippen molar-refractivity contribution >= 4 is 28.9 Å². The topological polar surface area (TPSA) is 77.1 Å². The second-order valence-electron chi connectivity index (χ2n) is 7.80. The van der Waals surface area contributed by atoms with Crippen LogP contribution in [-0.4, -0.2) is 11.1 Å². The molecule has 0 radical (unpaired) electrons. The molecule has 0 fully saturated rings. The molecule has 0 N–H and O–H groups in total. The Morgan fingerprint density at radius 2 is 1.62 bits per heavy atom. The van der Waals surface area contributed by atoms with Crippen molar-refractivity contribution in [3.05, 3.63) is 94.7 Å². The van der Waals surface area contributed by atoms with Crippen LogP contribution in [0.3, 0.4) is 0 Å². The molecule has 0 bridgehead atoms. The van der Waals surface area contributed by atoms with E-state index in [0.29, 0.717) is 33.5 Å². The Morgan fingerprint density at radius 3 is 2.26 bits per heavy atom. The van der Waals surface area contributed by atoms with Crippen LogP contribution in [0.5, 0.6) is 5.75 Å². The number of halogens is 1. The van der Waals surface area contributed by atoms with Crippen LogP contribution >= 0.6 is 11.6 Å². The lowest BCUT2D eigenvalue weighted by Gasteiger charge is -2.06. The quantitative estimate of drug-likeness (QED) is 0.146. The fourth-order valence-electron chi connectivity index (χ4n) is 3.41. The number of aromatic nitrogens is 1. The number of carbonyl (C=O) groups is 1. The van der Waals surface area contributed by atoms with E-state index in [4.69, 9.17) is 20.9 Å². The summed E-state index contributed by atoms with van der Waals surface area (Å²) in [5.74, 6) is 0.146. The minimum atomic E-state index is -0.578. The van der Waals surface area contributed by atoms with Gasteiger partial charge in [-0.25, -0.2) is 4.79 Å². The first-order chi connectivity index (χ1) is 16.5. The molecule has 0 aliphatic carbocycles. The van der Waals surface area contributed by atoms with Crippen LogP contribution in [0.2, 0.25) is 5.02 Å². The lowest BCUT2D eigenvalue weighted by atomic mass is 10.1. The molecule has 34 heavy (non-hydrogen) atoms. The first kappa shape index (κ1) is 23.4. The zero-order valence-corrected chi connectivity index (χ0v) is 19.7. The zero-order chi connectivity index (χ0) is 23.9. The summed E-state index contributed by atoms with van der Waals surface area (Å²) < 4.78 is 10.8. The lowest BCUT2D eigenvalue weighted by molar-refractivity contribution is 0.0733. The maximum atomic E-state index is 12.9. The van der Waals surface area contributed by atoms with Crippen LogP contribution < -0.4 is 4.74 Å². The largest absolute Gasteiger partial charge is 0.423 e. The highest BCUT2D eigenvalue weighted by Crippen LogP contribution is 2.32. The fraction of sp³-hybridized carbons (Fsp3) is 0.185. The predicted octanol–water partition coefficient (Wildman–Crippen LogP) is 8.28. The van der Waals surface area contributed by atoms with Crippen molar-refractivity contribution in [3.8, 4) is 17.0 Å².